The maximum Gasteiger partial charge on any atom is 0.0702 e. The van der Waals surface area contributed by atoms with Crippen molar-refractivity contribution >= 4 is 11.3 Å². The molecular formula is C15H23N3S. The number of nitrogens with one attached hydrogen (secondary N) is 1. The molecule has 0 radical (unpaired) electrons. The molecule has 3 nitrogen and oxygen atoms in total. The van der Waals surface area contributed by atoms with Crippen LogP contribution in [0.5, 0.6) is 0 Å². The van der Waals surface area contributed by atoms with E-state index in [0.717, 1.165) is 25.9 Å². The van der Waals surface area contributed by atoms with Crippen molar-refractivity contribution < 1.29 is 0 Å². The molecule has 1 N–H and O–H groups in total. The van der Waals surface area contributed by atoms with Crippen LogP contribution in [0.15, 0.2) is 24.5 Å². The fourth-order valence-corrected chi connectivity index (χ4v) is 3.14. The first-order chi connectivity index (χ1) is 9.24. The van der Waals surface area contributed by atoms with Gasteiger partial charge in [0.1, 0.15) is 0 Å². The Kier molecular flexibility index (Phi) is 5.16. The molecule has 4 heteroatoms. The smallest absolute Gasteiger partial charge is 0.0702 e. The second-order valence-corrected chi connectivity index (χ2v) is 6.19. The molecule has 0 amide bonds. The van der Waals surface area contributed by atoms with Gasteiger partial charge in [0.2, 0.25) is 0 Å². The van der Waals surface area contributed by atoms with Crippen LogP contribution >= 0.6 is 11.3 Å². The third-order valence-electron chi connectivity index (χ3n) is 3.08. The lowest BCUT2D eigenvalue weighted by atomic mass is 10.1. The molecule has 2 rings (SSSR count). The summed E-state index contributed by atoms with van der Waals surface area (Å²) >= 11 is 1.86. The highest BCUT2D eigenvalue weighted by Crippen LogP contribution is 2.28. The Labute approximate surface area is 119 Å². The number of aryl methyl sites for hydroxylation is 2. The van der Waals surface area contributed by atoms with Gasteiger partial charge in [-0.1, -0.05) is 13.8 Å². The third-order valence-corrected chi connectivity index (χ3v) is 4.15. The minimum atomic E-state index is 0.282. The van der Waals surface area contributed by atoms with Crippen molar-refractivity contribution in [3.8, 4) is 0 Å². The minimum Gasteiger partial charge on any atom is -0.306 e. The average Bonchev–Trinajstić information content (AvgIpc) is 3.01. The Morgan fingerprint density at radius 1 is 1.32 bits per heavy atom. The first-order valence-electron chi connectivity index (χ1n) is 7.06. The average molecular weight is 277 g/mol. The first-order valence-corrected chi connectivity index (χ1v) is 7.88. The predicted molar refractivity (Wildman–Crippen MR) is 81.7 cm³/mol. The van der Waals surface area contributed by atoms with Gasteiger partial charge < -0.3 is 5.32 Å². The largest absolute Gasteiger partial charge is 0.306 e. The zero-order valence-electron chi connectivity index (χ0n) is 12.0. The first kappa shape index (κ1) is 14.3. The normalized spacial score (nSPS) is 12.8. The highest BCUT2D eigenvalue weighted by Gasteiger charge is 2.16. The minimum absolute atomic E-state index is 0.282. The highest BCUT2D eigenvalue weighted by molar-refractivity contribution is 7.12. The quantitative estimate of drug-likeness (QED) is 0.835. The van der Waals surface area contributed by atoms with Gasteiger partial charge in [-0.25, -0.2) is 0 Å². The number of aromatic nitrogens is 2. The number of hydrogen-bond donors (Lipinski definition) is 1. The van der Waals surface area contributed by atoms with E-state index in [1.807, 2.05) is 22.2 Å². The van der Waals surface area contributed by atoms with Gasteiger partial charge in [0.15, 0.2) is 0 Å². The lowest BCUT2D eigenvalue weighted by Crippen LogP contribution is -2.22. The van der Waals surface area contributed by atoms with E-state index in [4.69, 9.17) is 0 Å². The van der Waals surface area contributed by atoms with Crippen molar-refractivity contribution in [1.82, 2.24) is 15.1 Å². The number of thiophene rings is 1. The predicted octanol–water partition coefficient (Wildman–Crippen LogP) is 3.75. The molecule has 0 spiro atoms. The summed E-state index contributed by atoms with van der Waals surface area (Å²) in [6, 6.07) is 4.70. The van der Waals surface area contributed by atoms with Crippen molar-refractivity contribution in [2.24, 2.45) is 0 Å². The van der Waals surface area contributed by atoms with Gasteiger partial charge in [0.05, 0.1) is 12.2 Å². The highest BCUT2D eigenvalue weighted by atomic mass is 32.1. The van der Waals surface area contributed by atoms with Crippen molar-refractivity contribution in [2.45, 2.75) is 46.2 Å². The summed E-state index contributed by atoms with van der Waals surface area (Å²) in [5.41, 5.74) is 1.27. The van der Waals surface area contributed by atoms with Crippen LogP contribution in [0.25, 0.3) is 0 Å². The summed E-state index contributed by atoms with van der Waals surface area (Å²) in [5, 5.41) is 8.08. The summed E-state index contributed by atoms with van der Waals surface area (Å²) in [6.07, 6.45) is 6.43. The van der Waals surface area contributed by atoms with E-state index in [0.29, 0.717) is 0 Å². The molecule has 2 heterocycles. The van der Waals surface area contributed by atoms with E-state index in [2.05, 4.69) is 49.5 Å². The van der Waals surface area contributed by atoms with E-state index < -0.39 is 0 Å². The van der Waals surface area contributed by atoms with E-state index >= 15 is 0 Å². The molecule has 0 aromatic carbocycles. The van der Waals surface area contributed by atoms with E-state index in [1.165, 1.54) is 15.3 Å². The van der Waals surface area contributed by atoms with Crippen LogP contribution in [-0.4, -0.2) is 16.3 Å². The Morgan fingerprint density at radius 3 is 2.79 bits per heavy atom. The summed E-state index contributed by atoms with van der Waals surface area (Å²) in [6.45, 7) is 8.55. The Morgan fingerprint density at radius 2 is 2.16 bits per heavy atom. The van der Waals surface area contributed by atoms with Gasteiger partial charge >= 0.3 is 0 Å². The van der Waals surface area contributed by atoms with Crippen LogP contribution in [0.3, 0.4) is 0 Å². The molecule has 1 unspecified atom stereocenters. The number of hydrogen-bond acceptors (Lipinski definition) is 3. The van der Waals surface area contributed by atoms with E-state index in [-0.39, 0.29) is 6.04 Å². The molecule has 104 valence electrons. The number of rotatable bonds is 7. The molecule has 0 fully saturated rings. The molecule has 2 aromatic rings. The lowest BCUT2D eigenvalue weighted by molar-refractivity contribution is 0.592. The Hall–Kier alpha value is -1.13. The molecule has 0 saturated heterocycles. The second-order valence-electron chi connectivity index (χ2n) is 4.87. The van der Waals surface area contributed by atoms with Gasteiger partial charge in [-0.05, 0) is 38.4 Å². The molecule has 19 heavy (non-hydrogen) atoms. The standard InChI is InChI=1S/C15H23N3S/c1-4-8-16-15(14-7-6-12(3)19-14)13-10-17-18(11-13)9-5-2/h6-7,10-11,15-16H,4-5,8-9H2,1-3H3. The zero-order chi connectivity index (χ0) is 13.7. The maximum atomic E-state index is 4.45. The fourth-order valence-electron chi connectivity index (χ4n) is 2.16. The van der Waals surface area contributed by atoms with Crippen LogP contribution in [0.2, 0.25) is 0 Å². The fraction of sp³-hybridized carbons (Fsp3) is 0.533. The summed E-state index contributed by atoms with van der Waals surface area (Å²) in [5.74, 6) is 0. The zero-order valence-corrected chi connectivity index (χ0v) is 12.8. The van der Waals surface area contributed by atoms with Crippen molar-refractivity contribution in [1.29, 1.82) is 0 Å². The summed E-state index contributed by atoms with van der Waals surface area (Å²) in [4.78, 5) is 2.74. The van der Waals surface area contributed by atoms with Crippen molar-refractivity contribution in [3.63, 3.8) is 0 Å². The van der Waals surface area contributed by atoms with Crippen LogP contribution < -0.4 is 5.32 Å². The van der Waals surface area contributed by atoms with Crippen LogP contribution in [0, 0.1) is 6.92 Å². The molecule has 0 bridgehead atoms. The maximum absolute atomic E-state index is 4.45. The van der Waals surface area contributed by atoms with Gasteiger partial charge in [-0.15, -0.1) is 11.3 Å². The van der Waals surface area contributed by atoms with Gasteiger partial charge in [-0.2, -0.15) is 5.10 Å². The molecule has 0 aliphatic carbocycles. The molecule has 1 atom stereocenters. The Bertz CT molecular complexity index is 501. The van der Waals surface area contributed by atoms with E-state index in [9.17, 15) is 0 Å². The second kappa shape index (κ2) is 6.87. The molecule has 2 aromatic heterocycles. The van der Waals surface area contributed by atoms with Crippen molar-refractivity contribution in [3.05, 3.63) is 39.8 Å². The van der Waals surface area contributed by atoms with Gasteiger partial charge in [0.25, 0.3) is 0 Å². The van der Waals surface area contributed by atoms with Crippen molar-refractivity contribution in [2.75, 3.05) is 6.54 Å². The van der Waals surface area contributed by atoms with Crippen LogP contribution in [-0.2, 0) is 6.54 Å². The summed E-state index contributed by atoms with van der Waals surface area (Å²) in [7, 11) is 0. The summed E-state index contributed by atoms with van der Waals surface area (Å²) < 4.78 is 2.04. The topological polar surface area (TPSA) is 29.9 Å². The monoisotopic (exact) mass is 277 g/mol. The molecule has 0 aliphatic rings. The SMILES string of the molecule is CCCNC(c1cnn(CCC)c1)c1ccc(C)s1. The van der Waals surface area contributed by atoms with Crippen LogP contribution in [0.4, 0.5) is 0 Å². The molecule has 0 aliphatic heterocycles. The molecule has 0 saturated carbocycles. The lowest BCUT2D eigenvalue weighted by Gasteiger charge is -2.15. The molecular weight excluding hydrogens is 254 g/mol. The van der Waals surface area contributed by atoms with Gasteiger partial charge in [-0.3, -0.25) is 4.68 Å². The third kappa shape index (κ3) is 3.67. The van der Waals surface area contributed by atoms with E-state index in [1.54, 1.807) is 0 Å². The number of nitrogens with zero attached hydrogens (tertiary/aromatic N) is 2. The van der Waals surface area contributed by atoms with Gasteiger partial charge in [0, 0.05) is 28.1 Å². The Balaban J connectivity index is 2.20. The van der Waals surface area contributed by atoms with Crippen LogP contribution in [0.1, 0.15) is 48.0 Å².